The third-order valence-electron chi connectivity index (χ3n) is 4.17. The molecule has 0 saturated heterocycles. The summed E-state index contributed by atoms with van der Waals surface area (Å²) in [6.07, 6.45) is 0. The zero-order chi connectivity index (χ0) is 15.8. The zero-order valence-corrected chi connectivity index (χ0v) is 13.7. The summed E-state index contributed by atoms with van der Waals surface area (Å²) >= 11 is 0. The highest BCUT2D eigenvalue weighted by molar-refractivity contribution is 5.17. The van der Waals surface area contributed by atoms with E-state index in [-0.39, 0.29) is 6.61 Å². The monoisotopic (exact) mass is 297 g/mol. The molecule has 2 aromatic rings. The van der Waals surface area contributed by atoms with Crippen molar-refractivity contribution in [3.8, 4) is 0 Å². The Hall–Kier alpha value is -1.64. The van der Waals surface area contributed by atoms with E-state index in [1.165, 1.54) is 11.1 Å². The molecule has 0 unspecified atom stereocenters. The normalized spacial score (nSPS) is 12.8. The van der Waals surface area contributed by atoms with Crippen molar-refractivity contribution in [1.82, 2.24) is 4.90 Å². The average Bonchev–Trinajstić information content (AvgIpc) is 2.54. The van der Waals surface area contributed by atoms with Gasteiger partial charge >= 0.3 is 0 Å². The Bertz CT molecular complexity index is 482. The number of benzene rings is 2. The molecule has 2 aromatic carbocycles. The fourth-order valence-electron chi connectivity index (χ4n) is 2.68. The van der Waals surface area contributed by atoms with Gasteiger partial charge in [0, 0.05) is 26.2 Å². The molecule has 0 aliphatic carbocycles. The first-order chi connectivity index (χ1) is 10.7. The highest BCUT2D eigenvalue weighted by Crippen LogP contribution is 2.16. The molecule has 1 N–H and O–H groups in total. The molecular formula is C20H27NO. The first kappa shape index (κ1) is 16.7. The van der Waals surface area contributed by atoms with Crippen LogP contribution in [0.4, 0.5) is 0 Å². The van der Waals surface area contributed by atoms with Crippen molar-refractivity contribution in [3.05, 3.63) is 71.8 Å². The summed E-state index contributed by atoms with van der Waals surface area (Å²) in [5.41, 5.74) is 2.64. The molecule has 0 aromatic heterocycles. The molecule has 22 heavy (non-hydrogen) atoms. The van der Waals surface area contributed by atoms with E-state index in [1.54, 1.807) is 0 Å². The molecule has 0 saturated carbocycles. The molecule has 0 aliphatic rings. The molecule has 2 nitrogen and oxygen atoms in total. The predicted octanol–water partition coefficient (Wildman–Crippen LogP) is 3.95. The van der Waals surface area contributed by atoms with Crippen LogP contribution in [0.5, 0.6) is 0 Å². The minimum absolute atomic E-state index is 0.248. The lowest BCUT2D eigenvalue weighted by atomic mass is 9.95. The van der Waals surface area contributed by atoms with Crippen LogP contribution in [-0.2, 0) is 13.1 Å². The topological polar surface area (TPSA) is 23.5 Å². The van der Waals surface area contributed by atoms with Crippen LogP contribution >= 0.6 is 0 Å². The molecule has 0 aliphatic heterocycles. The SMILES string of the molecule is CC(C)[C@H](CO)CN(Cc1ccccc1)Cc1ccccc1. The summed E-state index contributed by atoms with van der Waals surface area (Å²) in [4.78, 5) is 2.44. The quantitative estimate of drug-likeness (QED) is 0.797. The second-order valence-electron chi connectivity index (χ2n) is 6.33. The van der Waals surface area contributed by atoms with Crippen molar-refractivity contribution in [1.29, 1.82) is 0 Å². The second kappa shape index (κ2) is 8.72. The summed E-state index contributed by atoms with van der Waals surface area (Å²) in [6, 6.07) is 21.1. The molecule has 0 bridgehead atoms. The highest BCUT2D eigenvalue weighted by atomic mass is 16.3. The van der Waals surface area contributed by atoms with Gasteiger partial charge in [-0.25, -0.2) is 0 Å². The summed E-state index contributed by atoms with van der Waals surface area (Å²) < 4.78 is 0. The average molecular weight is 297 g/mol. The summed E-state index contributed by atoms with van der Waals surface area (Å²) in [6.45, 7) is 7.36. The maximum absolute atomic E-state index is 9.65. The maximum atomic E-state index is 9.65. The van der Waals surface area contributed by atoms with Gasteiger partial charge in [0.2, 0.25) is 0 Å². The summed E-state index contributed by atoms with van der Waals surface area (Å²) in [5.74, 6) is 0.798. The maximum Gasteiger partial charge on any atom is 0.0473 e. The van der Waals surface area contributed by atoms with Gasteiger partial charge in [-0.2, -0.15) is 0 Å². The minimum atomic E-state index is 0.248. The number of hydrogen-bond donors (Lipinski definition) is 1. The lowest BCUT2D eigenvalue weighted by Gasteiger charge is -2.29. The number of aliphatic hydroxyl groups is 1. The third kappa shape index (κ3) is 5.28. The molecule has 0 spiro atoms. The van der Waals surface area contributed by atoms with Crippen molar-refractivity contribution >= 4 is 0 Å². The van der Waals surface area contributed by atoms with Crippen LogP contribution in [0.1, 0.15) is 25.0 Å². The van der Waals surface area contributed by atoms with Gasteiger partial charge in [-0.1, -0.05) is 74.5 Å². The van der Waals surface area contributed by atoms with Gasteiger partial charge < -0.3 is 5.11 Å². The molecule has 118 valence electrons. The van der Waals surface area contributed by atoms with Gasteiger partial charge in [0.1, 0.15) is 0 Å². The van der Waals surface area contributed by atoms with Crippen LogP contribution in [0.3, 0.4) is 0 Å². The molecule has 0 heterocycles. The summed E-state index contributed by atoms with van der Waals surface area (Å²) in [5, 5.41) is 9.65. The first-order valence-electron chi connectivity index (χ1n) is 8.10. The fraction of sp³-hybridized carbons (Fsp3) is 0.400. The lowest BCUT2D eigenvalue weighted by molar-refractivity contribution is 0.124. The molecule has 2 rings (SSSR count). The van der Waals surface area contributed by atoms with E-state index in [1.807, 2.05) is 0 Å². The lowest BCUT2D eigenvalue weighted by Crippen LogP contribution is -2.32. The smallest absolute Gasteiger partial charge is 0.0473 e. The predicted molar refractivity (Wildman–Crippen MR) is 92.4 cm³/mol. The van der Waals surface area contributed by atoms with Gasteiger partial charge in [-0.15, -0.1) is 0 Å². The zero-order valence-electron chi connectivity index (χ0n) is 13.7. The van der Waals surface area contributed by atoms with Gasteiger partial charge in [0.25, 0.3) is 0 Å². The Morgan fingerprint density at radius 2 is 1.27 bits per heavy atom. The number of nitrogens with zero attached hydrogens (tertiary/aromatic N) is 1. The van der Waals surface area contributed by atoms with Crippen molar-refractivity contribution in [3.63, 3.8) is 0 Å². The van der Waals surface area contributed by atoms with E-state index in [0.717, 1.165) is 19.6 Å². The number of rotatable bonds is 8. The van der Waals surface area contributed by atoms with Crippen molar-refractivity contribution in [2.75, 3.05) is 13.2 Å². The summed E-state index contributed by atoms with van der Waals surface area (Å²) in [7, 11) is 0. The Labute approximate surface area is 134 Å². The van der Waals surface area contributed by atoms with Gasteiger partial charge in [0.15, 0.2) is 0 Å². The largest absolute Gasteiger partial charge is 0.396 e. The standard InChI is InChI=1S/C20H27NO/c1-17(2)20(16-22)15-21(13-18-9-5-3-6-10-18)14-19-11-7-4-8-12-19/h3-12,17,20,22H,13-16H2,1-2H3/t20-/m0/s1. The van der Waals surface area contributed by atoms with Gasteiger partial charge in [0.05, 0.1) is 0 Å². The molecule has 0 radical (unpaired) electrons. The van der Waals surface area contributed by atoms with Crippen LogP contribution in [0.25, 0.3) is 0 Å². The van der Waals surface area contributed by atoms with Crippen LogP contribution in [0.2, 0.25) is 0 Å². The Balaban J connectivity index is 2.09. The van der Waals surface area contributed by atoms with E-state index < -0.39 is 0 Å². The molecule has 2 heteroatoms. The second-order valence-corrected chi connectivity index (χ2v) is 6.33. The highest BCUT2D eigenvalue weighted by Gasteiger charge is 2.17. The molecular weight excluding hydrogens is 270 g/mol. The van der Waals surface area contributed by atoms with Crippen LogP contribution in [0.15, 0.2) is 60.7 Å². The number of hydrogen-bond acceptors (Lipinski definition) is 2. The van der Waals surface area contributed by atoms with Crippen LogP contribution < -0.4 is 0 Å². The first-order valence-corrected chi connectivity index (χ1v) is 8.10. The molecule has 1 atom stereocenters. The third-order valence-corrected chi connectivity index (χ3v) is 4.17. The van der Waals surface area contributed by atoms with Crippen LogP contribution in [0, 0.1) is 11.8 Å². The Morgan fingerprint density at radius 1 is 0.818 bits per heavy atom. The van der Waals surface area contributed by atoms with Gasteiger partial charge in [-0.05, 0) is 23.0 Å². The van der Waals surface area contributed by atoms with E-state index in [9.17, 15) is 5.11 Å². The van der Waals surface area contributed by atoms with Crippen molar-refractivity contribution in [2.45, 2.75) is 26.9 Å². The van der Waals surface area contributed by atoms with E-state index in [0.29, 0.717) is 11.8 Å². The molecule has 0 amide bonds. The molecule has 0 fully saturated rings. The van der Waals surface area contributed by atoms with Gasteiger partial charge in [-0.3, -0.25) is 4.90 Å². The number of aliphatic hydroxyl groups excluding tert-OH is 1. The van der Waals surface area contributed by atoms with Crippen molar-refractivity contribution < 1.29 is 5.11 Å². The van der Waals surface area contributed by atoms with E-state index in [2.05, 4.69) is 79.4 Å². The van der Waals surface area contributed by atoms with Crippen LogP contribution in [-0.4, -0.2) is 23.2 Å². The Morgan fingerprint density at radius 3 is 1.64 bits per heavy atom. The Kier molecular flexibility index (Phi) is 6.63. The van der Waals surface area contributed by atoms with Crippen molar-refractivity contribution in [2.24, 2.45) is 11.8 Å². The van der Waals surface area contributed by atoms with E-state index in [4.69, 9.17) is 0 Å². The minimum Gasteiger partial charge on any atom is -0.396 e. The van der Waals surface area contributed by atoms with E-state index >= 15 is 0 Å². The fourth-order valence-corrected chi connectivity index (χ4v) is 2.68.